The van der Waals surface area contributed by atoms with Crippen LogP contribution in [0.3, 0.4) is 0 Å². The number of ether oxygens (including phenoxy) is 1. The van der Waals surface area contributed by atoms with Gasteiger partial charge in [0.05, 0.1) is 17.7 Å². The second-order valence-electron chi connectivity index (χ2n) is 6.72. The van der Waals surface area contributed by atoms with Crippen LogP contribution in [0.25, 0.3) is 0 Å². The Labute approximate surface area is 178 Å². The maximum absolute atomic E-state index is 12.7. The molecule has 1 atom stereocenters. The molecule has 3 aromatic rings. The summed E-state index contributed by atoms with van der Waals surface area (Å²) in [6.07, 6.45) is 2.77. The Balaban J connectivity index is 1.71. The lowest BCUT2D eigenvalue weighted by Crippen LogP contribution is -2.22. The molecule has 0 aliphatic rings. The van der Waals surface area contributed by atoms with Gasteiger partial charge in [-0.05, 0) is 24.1 Å². The van der Waals surface area contributed by atoms with E-state index in [0.29, 0.717) is 6.42 Å². The molecule has 0 saturated carbocycles. The van der Waals surface area contributed by atoms with Crippen LogP contribution in [0.15, 0.2) is 65.0 Å². The number of anilines is 1. The van der Waals surface area contributed by atoms with Crippen LogP contribution in [0, 0.1) is 5.92 Å². The Kier molecular flexibility index (Phi) is 6.63. The van der Waals surface area contributed by atoms with Gasteiger partial charge in [0.2, 0.25) is 0 Å². The van der Waals surface area contributed by atoms with Gasteiger partial charge in [0.25, 0.3) is 5.91 Å². The Morgan fingerprint density at radius 3 is 2.43 bits per heavy atom. The zero-order chi connectivity index (χ0) is 21.7. The number of amides is 1. The van der Waals surface area contributed by atoms with Gasteiger partial charge >= 0.3 is 5.97 Å². The molecule has 3 rings (SSSR count). The molecule has 0 aliphatic carbocycles. The third kappa shape index (κ3) is 5.52. The molecule has 1 heterocycles. The van der Waals surface area contributed by atoms with E-state index in [0.717, 1.165) is 23.2 Å². The molecular formula is C21H20N2O5S2. The normalized spacial score (nSPS) is 12.2. The van der Waals surface area contributed by atoms with Crippen molar-refractivity contribution in [2.24, 2.45) is 5.92 Å². The van der Waals surface area contributed by atoms with Crippen LogP contribution in [0.2, 0.25) is 0 Å². The third-order valence-electron chi connectivity index (χ3n) is 4.20. The summed E-state index contributed by atoms with van der Waals surface area (Å²) in [6.45, 7) is 1.76. The van der Waals surface area contributed by atoms with Crippen LogP contribution in [-0.2, 0) is 21.1 Å². The highest BCUT2D eigenvalue weighted by Crippen LogP contribution is 2.25. The molecule has 0 fully saturated rings. The molecule has 7 nitrogen and oxygen atoms in total. The van der Waals surface area contributed by atoms with Crippen LogP contribution in [-0.4, -0.2) is 31.5 Å². The summed E-state index contributed by atoms with van der Waals surface area (Å²) in [6, 6.07) is 15.9. The quantitative estimate of drug-likeness (QED) is 0.441. The summed E-state index contributed by atoms with van der Waals surface area (Å²) in [5, 5.41) is 2.68. The molecule has 1 unspecified atom stereocenters. The highest BCUT2D eigenvalue weighted by molar-refractivity contribution is 7.92. The largest absolute Gasteiger partial charge is 0.425 e. The molecule has 0 saturated heterocycles. The fraction of sp³-hybridized carbons (Fsp3) is 0.190. The van der Waals surface area contributed by atoms with E-state index in [1.165, 1.54) is 18.3 Å². The first kappa shape index (κ1) is 21.7. The van der Waals surface area contributed by atoms with E-state index < -0.39 is 27.6 Å². The molecule has 1 amide bonds. The van der Waals surface area contributed by atoms with Gasteiger partial charge in [0.1, 0.15) is 9.96 Å². The minimum Gasteiger partial charge on any atom is -0.425 e. The number of aromatic nitrogens is 1. The lowest BCUT2D eigenvalue weighted by molar-refractivity contribution is -0.138. The number of sulfone groups is 1. The van der Waals surface area contributed by atoms with E-state index >= 15 is 0 Å². The van der Waals surface area contributed by atoms with Crippen molar-refractivity contribution in [3.05, 3.63) is 71.9 Å². The molecule has 156 valence electrons. The third-order valence-corrected chi connectivity index (χ3v) is 6.90. The fourth-order valence-electron chi connectivity index (χ4n) is 2.66. The average molecular weight is 445 g/mol. The van der Waals surface area contributed by atoms with E-state index in [4.69, 9.17) is 4.74 Å². The van der Waals surface area contributed by atoms with Crippen LogP contribution in [0.5, 0.6) is 5.75 Å². The van der Waals surface area contributed by atoms with Gasteiger partial charge in [-0.3, -0.25) is 14.9 Å². The number of para-hydroxylation sites is 1. The molecular weight excluding hydrogens is 424 g/mol. The number of carbonyl (C=O) groups excluding carboxylic acids is 2. The van der Waals surface area contributed by atoms with Crippen LogP contribution >= 0.6 is 11.3 Å². The number of esters is 1. The monoisotopic (exact) mass is 444 g/mol. The zero-order valence-electron chi connectivity index (χ0n) is 16.4. The van der Waals surface area contributed by atoms with Gasteiger partial charge in [-0.2, -0.15) is 0 Å². The van der Waals surface area contributed by atoms with Crippen molar-refractivity contribution in [3.8, 4) is 5.75 Å². The number of hydrogen-bond donors (Lipinski definition) is 1. The van der Waals surface area contributed by atoms with Crippen molar-refractivity contribution in [2.75, 3.05) is 11.6 Å². The molecule has 0 aliphatic heterocycles. The maximum atomic E-state index is 12.7. The van der Waals surface area contributed by atoms with E-state index in [1.807, 2.05) is 30.3 Å². The van der Waals surface area contributed by atoms with Crippen molar-refractivity contribution >= 4 is 38.2 Å². The van der Waals surface area contributed by atoms with Gasteiger partial charge in [0, 0.05) is 6.26 Å². The lowest BCUT2D eigenvalue weighted by atomic mass is 10.0. The number of carbonyl (C=O) groups is 2. The molecule has 2 aromatic carbocycles. The second kappa shape index (κ2) is 9.19. The van der Waals surface area contributed by atoms with E-state index in [1.54, 1.807) is 19.1 Å². The summed E-state index contributed by atoms with van der Waals surface area (Å²) >= 11 is 0.850. The van der Waals surface area contributed by atoms with E-state index in [-0.39, 0.29) is 20.7 Å². The number of thiazole rings is 1. The first-order valence-corrected chi connectivity index (χ1v) is 11.8. The van der Waals surface area contributed by atoms with Gasteiger partial charge in [-0.25, -0.2) is 13.4 Å². The molecule has 0 spiro atoms. The summed E-state index contributed by atoms with van der Waals surface area (Å²) in [4.78, 5) is 29.1. The SMILES string of the molecule is CC(Cc1ccccc1)C(=O)Oc1ccccc1C(=O)Nc1ncc(S(C)(=O)=O)s1. The number of nitrogens with zero attached hydrogens (tertiary/aromatic N) is 1. The molecule has 1 aromatic heterocycles. The van der Waals surface area contributed by atoms with Gasteiger partial charge in [-0.15, -0.1) is 0 Å². The Hall–Kier alpha value is -3.04. The predicted octanol–water partition coefficient (Wildman–Crippen LogP) is 3.58. The summed E-state index contributed by atoms with van der Waals surface area (Å²) in [7, 11) is -3.41. The number of nitrogens with one attached hydrogen (secondary N) is 1. The van der Waals surface area contributed by atoms with Crippen molar-refractivity contribution in [3.63, 3.8) is 0 Å². The maximum Gasteiger partial charge on any atom is 0.314 e. The van der Waals surface area contributed by atoms with E-state index in [2.05, 4.69) is 10.3 Å². The van der Waals surface area contributed by atoms with Crippen LogP contribution < -0.4 is 10.1 Å². The summed E-state index contributed by atoms with van der Waals surface area (Å²) in [5.74, 6) is -1.28. The number of rotatable bonds is 7. The van der Waals surface area contributed by atoms with Crippen molar-refractivity contribution in [1.29, 1.82) is 0 Å². The van der Waals surface area contributed by atoms with Crippen molar-refractivity contribution < 1.29 is 22.7 Å². The fourth-order valence-corrected chi connectivity index (χ4v) is 4.29. The number of benzene rings is 2. The highest BCUT2D eigenvalue weighted by Gasteiger charge is 2.21. The Bertz CT molecular complexity index is 1160. The minimum absolute atomic E-state index is 0.0484. The second-order valence-corrected chi connectivity index (χ2v) is 9.99. The average Bonchev–Trinajstić information content (AvgIpc) is 3.18. The predicted molar refractivity (Wildman–Crippen MR) is 115 cm³/mol. The Morgan fingerprint density at radius 1 is 1.10 bits per heavy atom. The molecule has 0 radical (unpaired) electrons. The van der Waals surface area contributed by atoms with Gasteiger partial charge in [-0.1, -0.05) is 60.7 Å². The smallest absolute Gasteiger partial charge is 0.314 e. The summed E-state index contributed by atoms with van der Waals surface area (Å²) < 4.78 is 28.7. The van der Waals surface area contributed by atoms with E-state index in [9.17, 15) is 18.0 Å². The van der Waals surface area contributed by atoms with Gasteiger partial charge < -0.3 is 4.74 Å². The molecule has 9 heteroatoms. The highest BCUT2D eigenvalue weighted by atomic mass is 32.2. The summed E-state index contributed by atoms with van der Waals surface area (Å²) in [5.41, 5.74) is 1.16. The zero-order valence-corrected chi connectivity index (χ0v) is 18.0. The lowest BCUT2D eigenvalue weighted by Gasteiger charge is -2.13. The first-order valence-electron chi connectivity index (χ1n) is 9.06. The van der Waals surface area contributed by atoms with Crippen LogP contribution in [0.1, 0.15) is 22.8 Å². The number of hydrogen-bond acceptors (Lipinski definition) is 7. The molecule has 1 N–H and O–H groups in total. The first-order chi connectivity index (χ1) is 14.2. The molecule has 0 bridgehead atoms. The Morgan fingerprint density at radius 2 is 1.77 bits per heavy atom. The topological polar surface area (TPSA) is 102 Å². The minimum atomic E-state index is -3.41. The van der Waals surface area contributed by atoms with Crippen LogP contribution in [0.4, 0.5) is 5.13 Å². The standard InChI is InChI=1S/C21H20N2O5S2/c1-14(12-15-8-4-3-5-9-15)20(25)28-17-11-7-6-10-16(17)19(24)23-21-22-13-18(29-21)30(2,26)27/h3-11,13-14H,12H2,1-2H3,(H,22,23,24). The van der Waals surface area contributed by atoms with Crippen molar-refractivity contribution in [1.82, 2.24) is 4.98 Å². The van der Waals surface area contributed by atoms with Gasteiger partial charge in [0.15, 0.2) is 15.0 Å². The van der Waals surface area contributed by atoms with Crippen molar-refractivity contribution in [2.45, 2.75) is 17.6 Å². The molecule has 30 heavy (non-hydrogen) atoms.